The van der Waals surface area contributed by atoms with E-state index in [1.165, 1.54) is 37.3 Å². The Bertz CT molecular complexity index is 584. The summed E-state index contributed by atoms with van der Waals surface area (Å²) < 4.78 is 0. The second-order valence-electron chi connectivity index (χ2n) is 6.82. The van der Waals surface area contributed by atoms with Crippen molar-refractivity contribution in [3.63, 3.8) is 0 Å². The highest BCUT2D eigenvalue weighted by Gasteiger charge is 2.32. The summed E-state index contributed by atoms with van der Waals surface area (Å²) in [5.74, 6) is 0.487. The fourth-order valence-corrected chi connectivity index (χ4v) is 4.14. The molecule has 0 spiro atoms. The van der Waals surface area contributed by atoms with E-state index in [1.807, 2.05) is 4.90 Å². The first-order chi connectivity index (χ1) is 11.1. The van der Waals surface area contributed by atoms with Crippen LogP contribution in [0.5, 0.6) is 0 Å². The molecule has 1 aliphatic carbocycles. The second kappa shape index (κ2) is 7.16. The molecule has 1 N–H and O–H groups in total. The van der Waals surface area contributed by atoms with E-state index in [9.17, 15) is 9.59 Å². The normalized spacial score (nSPS) is 23.4. The molecule has 1 aliphatic heterocycles. The molecule has 1 aromatic rings. The molecule has 0 unspecified atom stereocenters. The minimum absolute atomic E-state index is 0.0618. The van der Waals surface area contributed by atoms with Crippen LogP contribution in [0.1, 0.15) is 56.1 Å². The quantitative estimate of drug-likeness (QED) is 0.929. The first kappa shape index (κ1) is 16.0. The maximum atomic E-state index is 12.4. The SMILES string of the molecule is CC(=O)NCC(=O)N1CCC[C@H]1C[C@@H]1CCCc2ccccc21. The first-order valence-electron chi connectivity index (χ1n) is 8.77. The maximum absolute atomic E-state index is 12.4. The number of rotatable bonds is 4. The van der Waals surface area contributed by atoms with Crippen molar-refractivity contribution in [2.45, 2.75) is 57.4 Å². The number of hydrogen-bond acceptors (Lipinski definition) is 2. The van der Waals surface area contributed by atoms with Crippen molar-refractivity contribution in [2.24, 2.45) is 0 Å². The number of carbonyl (C=O) groups is 2. The fourth-order valence-electron chi connectivity index (χ4n) is 4.14. The van der Waals surface area contributed by atoms with E-state index in [0.29, 0.717) is 12.0 Å². The van der Waals surface area contributed by atoms with E-state index >= 15 is 0 Å². The van der Waals surface area contributed by atoms with Gasteiger partial charge in [-0.15, -0.1) is 0 Å². The highest BCUT2D eigenvalue weighted by Crippen LogP contribution is 2.37. The van der Waals surface area contributed by atoms with E-state index in [4.69, 9.17) is 0 Å². The van der Waals surface area contributed by atoms with Crippen LogP contribution in [0.25, 0.3) is 0 Å². The Labute approximate surface area is 138 Å². The number of fused-ring (bicyclic) bond motifs is 1. The van der Waals surface area contributed by atoms with Gasteiger partial charge in [-0.05, 0) is 55.6 Å². The molecule has 0 bridgehead atoms. The molecule has 3 rings (SSSR count). The van der Waals surface area contributed by atoms with E-state index in [2.05, 4.69) is 29.6 Å². The summed E-state index contributed by atoms with van der Waals surface area (Å²) >= 11 is 0. The number of hydrogen-bond donors (Lipinski definition) is 1. The van der Waals surface area contributed by atoms with Gasteiger partial charge in [0.15, 0.2) is 0 Å². The van der Waals surface area contributed by atoms with Gasteiger partial charge in [0.05, 0.1) is 6.54 Å². The molecule has 1 aromatic carbocycles. The molecule has 1 saturated heterocycles. The molecular formula is C19H26N2O2. The molecule has 2 amide bonds. The average Bonchev–Trinajstić information content (AvgIpc) is 3.01. The van der Waals surface area contributed by atoms with Crippen molar-refractivity contribution in [1.82, 2.24) is 10.2 Å². The number of nitrogens with one attached hydrogen (secondary N) is 1. The van der Waals surface area contributed by atoms with E-state index < -0.39 is 0 Å². The monoisotopic (exact) mass is 314 g/mol. The third-order valence-electron chi connectivity index (χ3n) is 5.24. The Morgan fingerprint density at radius 3 is 2.87 bits per heavy atom. The number of likely N-dealkylation sites (tertiary alicyclic amines) is 1. The summed E-state index contributed by atoms with van der Waals surface area (Å²) in [5, 5.41) is 2.63. The molecule has 0 radical (unpaired) electrons. The number of nitrogens with zero attached hydrogens (tertiary/aromatic N) is 1. The molecule has 124 valence electrons. The molecule has 2 aliphatic rings. The van der Waals surface area contributed by atoms with E-state index in [1.54, 1.807) is 0 Å². The molecule has 23 heavy (non-hydrogen) atoms. The molecule has 4 heteroatoms. The fraction of sp³-hybridized carbons (Fsp3) is 0.579. The largest absolute Gasteiger partial charge is 0.347 e. The lowest BCUT2D eigenvalue weighted by atomic mass is 9.79. The molecule has 0 aromatic heterocycles. The number of amides is 2. The van der Waals surface area contributed by atoms with E-state index in [0.717, 1.165) is 25.8 Å². The zero-order chi connectivity index (χ0) is 16.2. The van der Waals surface area contributed by atoms with Crippen LogP contribution in [0.2, 0.25) is 0 Å². The van der Waals surface area contributed by atoms with Crippen LogP contribution in [0.4, 0.5) is 0 Å². The molecule has 4 nitrogen and oxygen atoms in total. The molecule has 1 heterocycles. The van der Waals surface area contributed by atoms with Crippen molar-refractivity contribution in [3.05, 3.63) is 35.4 Å². The average molecular weight is 314 g/mol. The summed E-state index contributed by atoms with van der Waals surface area (Å²) in [6, 6.07) is 9.09. The second-order valence-corrected chi connectivity index (χ2v) is 6.82. The highest BCUT2D eigenvalue weighted by atomic mass is 16.2. The van der Waals surface area contributed by atoms with Crippen LogP contribution >= 0.6 is 0 Å². The van der Waals surface area contributed by atoms with Crippen LogP contribution in [-0.2, 0) is 16.0 Å². The minimum atomic E-state index is -0.143. The van der Waals surface area contributed by atoms with Crippen LogP contribution in [-0.4, -0.2) is 35.8 Å². The summed E-state index contributed by atoms with van der Waals surface area (Å²) in [5.41, 5.74) is 2.97. The van der Waals surface area contributed by atoms with Gasteiger partial charge in [-0.25, -0.2) is 0 Å². The summed E-state index contributed by atoms with van der Waals surface area (Å²) in [6.45, 7) is 2.41. The standard InChI is InChI=1S/C19H26N2O2/c1-14(22)20-13-19(23)21-11-5-9-17(21)12-16-8-4-7-15-6-2-3-10-18(15)16/h2-3,6,10,16-17H,4-5,7-9,11-13H2,1H3,(H,20,22)/t16-,17-/m0/s1. The topological polar surface area (TPSA) is 49.4 Å². The van der Waals surface area contributed by atoms with Crippen molar-refractivity contribution in [2.75, 3.05) is 13.1 Å². The zero-order valence-corrected chi connectivity index (χ0v) is 13.9. The minimum Gasteiger partial charge on any atom is -0.347 e. The lowest BCUT2D eigenvalue weighted by Crippen LogP contribution is -2.42. The van der Waals surface area contributed by atoms with Crippen LogP contribution in [0, 0.1) is 0 Å². The van der Waals surface area contributed by atoms with Crippen LogP contribution < -0.4 is 5.32 Å². The van der Waals surface area contributed by atoms with Gasteiger partial charge in [-0.2, -0.15) is 0 Å². The smallest absolute Gasteiger partial charge is 0.242 e. The van der Waals surface area contributed by atoms with Crippen molar-refractivity contribution >= 4 is 11.8 Å². The summed E-state index contributed by atoms with van der Waals surface area (Å²) in [4.78, 5) is 25.4. The van der Waals surface area contributed by atoms with Crippen LogP contribution in [0.15, 0.2) is 24.3 Å². The first-order valence-corrected chi connectivity index (χ1v) is 8.77. The van der Waals surface area contributed by atoms with E-state index in [-0.39, 0.29) is 18.4 Å². The summed E-state index contributed by atoms with van der Waals surface area (Å²) in [7, 11) is 0. The van der Waals surface area contributed by atoms with Crippen molar-refractivity contribution in [3.8, 4) is 0 Å². The zero-order valence-electron chi connectivity index (χ0n) is 13.9. The number of carbonyl (C=O) groups excluding carboxylic acids is 2. The van der Waals surface area contributed by atoms with Crippen LogP contribution in [0.3, 0.4) is 0 Å². The van der Waals surface area contributed by atoms with Gasteiger partial charge in [0.1, 0.15) is 0 Å². The van der Waals surface area contributed by atoms with Gasteiger partial charge < -0.3 is 10.2 Å². The van der Waals surface area contributed by atoms with Gasteiger partial charge in [0.2, 0.25) is 11.8 Å². The van der Waals surface area contributed by atoms with Crippen molar-refractivity contribution < 1.29 is 9.59 Å². The lowest BCUT2D eigenvalue weighted by Gasteiger charge is -2.31. The van der Waals surface area contributed by atoms with Crippen molar-refractivity contribution in [1.29, 1.82) is 0 Å². The Kier molecular flexibility index (Phi) is 4.99. The molecule has 2 atom stereocenters. The van der Waals surface area contributed by atoms with Gasteiger partial charge in [0, 0.05) is 19.5 Å². The van der Waals surface area contributed by atoms with Gasteiger partial charge in [0.25, 0.3) is 0 Å². The Morgan fingerprint density at radius 2 is 2.04 bits per heavy atom. The lowest BCUT2D eigenvalue weighted by molar-refractivity contribution is -0.133. The van der Waals surface area contributed by atoms with Gasteiger partial charge in [-0.3, -0.25) is 9.59 Å². The predicted octanol–water partition coefficient (Wildman–Crippen LogP) is 2.62. The molecule has 0 saturated carbocycles. The molecular weight excluding hydrogens is 288 g/mol. The third-order valence-corrected chi connectivity index (χ3v) is 5.24. The molecule has 1 fully saturated rings. The Hall–Kier alpha value is -1.84. The Morgan fingerprint density at radius 1 is 1.22 bits per heavy atom. The number of benzene rings is 1. The third kappa shape index (κ3) is 3.74. The maximum Gasteiger partial charge on any atom is 0.242 e. The number of aryl methyl sites for hydroxylation is 1. The van der Waals surface area contributed by atoms with Gasteiger partial charge >= 0.3 is 0 Å². The van der Waals surface area contributed by atoms with Gasteiger partial charge in [-0.1, -0.05) is 24.3 Å². The highest BCUT2D eigenvalue weighted by molar-refractivity contribution is 5.84. The predicted molar refractivity (Wildman–Crippen MR) is 90.2 cm³/mol. The Balaban J connectivity index is 1.65. The summed E-state index contributed by atoms with van der Waals surface area (Å²) in [6.07, 6.45) is 6.87.